The number of halogens is 2. The van der Waals surface area contributed by atoms with Gasteiger partial charge < -0.3 is 0 Å². The summed E-state index contributed by atoms with van der Waals surface area (Å²) in [6.07, 6.45) is 0.270. The largest absolute Gasteiger partial charge is 0.281 e. The maximum Gasteiger partial charge on any atom is 0.226 e. The molecule has 18 heavy (non-hydrogen) atoms. The lowest BCUT2D eigenvalue weighted by atomic mass is 10.1. The Morgan fingerprint density at radius 3 is 2.67 bits per heavy atom. The molecule has 3 rings (SSSR count). The maximum absolute atomic E-state index is 10.9. The van der Waals surface area contributed by atoms with Gasteiger partial charge in [0.25, 0.3) is 0 Å². The van der Waals surface area contributed by atoms with Gasteiger partial charge in [-0.25, -0.2) is 0 Å². The van der Waals surface area contributed by atoms with Gasteiger partial charge in [-0.3, -0.25) is 4.79 Å². The summed E-state index contributed by atoms with van der Waals surface area (Å²) in [5.41, 5.74) is 0.945. The first-order chi connectivity index (χ1) is 8.63. The fraction of sp³-hybridized carbons (Fsp3) is 0.0714. The van der Waals surface area contributed by atoms with Crippen molar-refractivity contribution >= 4 is 60.0 Å². The standard InChI is InChI=1S/C14H8Cl2OS/c15-9-2-4-12-11(7-9)10-3-1-8(6-14(16)17)5-13(10)18-12/h1-5,7H,6H2. The van der Waals surface area contributed by atoms with Gasteiger partial charge in [0.2, 0.25) is 5.24 Å². The van der Waals surface area contributed by atoms with Crippen molar-refractivity contribution in [1.82, 2.24) is 0 Å². The highest BCUT2D eigenvalue weighted by Gasteiger charge is 2.07. The Morgan fingerprint density at radius 2 is 1.89 bits per heavy atom. The lowest BCUT2D eigenvalue weighted by Gasteiger charge is -1.97. The van der Waals surface area contributed by atoms with Crippen LogP contribution in [0.1, 0.15) is 5.56 Å². The van der Waals surface area contributed by atoms with Crippen molar-refractivity contribution in [2.75, 3.05) is 0 Å². The Morgan fingerprint density at radius 1 is 1.06 bits per heavy atom. The molecule has 1 heterocycles. The number of rotatable bonds is 2. The Hall–Kier alpha value is -1.09. The van der Waals surface area contributed by atoms with Crippen LogP contribution in [0.2, 0.25) is 5.02 Å². The maximum atomic E-state index is 10.9. The van der Waals surface area contributed by atoms with Crippen molar-refractivity contribution in [3.8, 4) is 0 Å². The van der Waals surface area contributed by atoms with Crippen LogP contribution in [0, 0.1) is 0 Å². The quantitative estimate of drug-likeness (QED) is 0.607. The number of hydrogen-bond donors (Lipinski definition) is 0. The number of thiophene rings is 1. The van der Waals surface area contributed by atoms with Gasteiger partial charge in [0, 0.05) is 31.6 Å². The highest BCUT2D eigenvalue weighted by molar-refractivity contribution is 7.25. The molecule has 1 aromatic heterocycles. The summed E-state index contributed by atoms with van der Waals surface area (Å²) in [5, 5.41) is 2.73. The summed E-state index contributed by atoms with van der Waals surface area (Å²) in [6.45, 7) is 0. The lowest BCUT2D eigenvalue weighted by Crippen LogP contribution is -1.92. The molecule has 0 atom stereocenters. The predicted octanol–water partition coefficient (Wildman–Crippen LogP) is 5.02. The average molecular weight is 295 g/mol. The van der Waals surface area contributed by atoms with Gasteiger partial charge in [-0.2, -0.15) is 0 Å². The highest BCUT2D eigenvalue weighted by Crippen LogP contribution is 2.35. The molecule has 2 aromatic carbocycles. The van der Waals surface area contributed by atoms with E-state index in [-0.39, 0.29) is 11.7 Å². The molecule has 0 N–H and O–H groups in total. The first-order valence-corrected chi connectivity index (χ1v) is 7.00. The third-order valence-corrected chi connectivity index (χ3v) is 4.34. The summed E-state index contributed by atoms with van der Waals surface area (Å²) >= 11 is 13.1. The molecule has 0 saturated heterocycles. The fourth-order valence-corrected chi connectivity index (χ4v) is 3.54. The zero-order valence-corrected chi connectivity index (χ0v) is 11.6. The summed E-state index contributed by atoms with van der Waals surface area (Å²) in [4.78, 5) is 10.9. The van der Waals surface area contributed by atoms with E-state index in [0.29, 0.717) is 0 Å². The van der Waals surface area contributed by atoms with Gasteiger partial charge >= 0.3 is 0 Å². The smallest absolute Gasteiger partial charge is 0.226 e. The molecular weight excluding hydrogens is 287 g/mol. The van der Waals surface area contributed by atoms with Crippen LogP contribution >= 0.6 is 34.5 Å². The van der Waals surface area contributed by atoms with Crippen molar-refractivity contribution < 1.29 is 4.79 Å². The number of carbonyl (C=O) groups is 1. The average Bonchev–Trinajstić information content (AvgIpc) is 2.65. The molecule has 0 spiro atoms. The van der Waals surface area contributed by atoms with Crippen LogP contribution in [-0.2, 0) is 11.2 Å². The summed E-state index contributed by atoms with van der Waals surface area (Å²) < 4.78 is 2.35. The Kier molecular flexibility index (Phi) is 3.02. The minimum atomic E-state index is -0.335. The topological polar surface area (TPSA) is 17.1 Å². The second-order valence-electron chi connectivity index (χ2n) is 4.10. The van der Waals surface area contributed by atoms with E-state index in [0.717, 1.165) is 20.7 Å². The van der Waals surface area contributed by atoms with Crippen molar-refractivity contribution in [2.45, 2.75) is 6.42 Å². The number of fused-ring (bicyclic) bond motifs is 3. The summed E-state index contributed by atoms with van der Waals surface area (Å²) in [5.74, 6) is 0. The van der Waals surface area contributed by atoms with Crippen molar-refractivity contribution in [3.05, 3.63) is 47.0 Å². The Labute approximate surface area is 118 Å². The molecule has 0 fully saturated rings. The molecule has 1 nitrogen and oxygen atoms in total. The molecule has 0 amide bonds. The predicted molar refractivity (Wildman–Crippen MR) is 78.9 cm³/mol. The van der Waals surface area contributed by atoms with Gasteiger partial charge in [0.15, 0.2) is 0 Å². The SMILES string of the molecule is O=C(Cl)Cc1ccc2c(c1)sc1ccc(Cl)cc12. The lowest BCUT2D eigenvalue weighted by molar-refractivity contribution is -0.111. The van der Waals surface area contributed by atoms with E-state index in [1.165, 1.54) is 10.1 Å². The Bertz CT molecular complexity index is 761. The van der Waals surface area contributed by atoms with E-state index >= 15 is 0 Å². The second-order valence-corrected chi connectivity index (χ2v) is 6.05. The van der Waals surface area contributed by atoms with Gasteiger partial charge in [-0.05, 0) is 41.4 Å². The van der Waals surface area contributed by atoms with Crippen molar-refractivity contribution in [3.63, 3.8) is 0 Å². The van der Waals surface area contributed by atoms with E-state index < -0.39 is 0 Å². The molecule has 0 aliphatic heterocycles. The third kappa shape index (κ3) is 2.12. The summed E-state index contributed by atoms with van der Waals surface area (Å²) in [7, 11) is 0. The van der Waals surface area contributed by atoms with Gasteiger partial charge in [0.1, 0.15) is 0 Å². The molecule has 0 unspecified atom stereocenters. The molecule has 0 aliphatic rings. The Balaban J connectivity index is 2.23. The minimum Gasteiger partial charge on any atom is -0.281 e. The summed E-state index contributed by atoms with van der Waals surface area (Å²) in [6, 6.07) is 11.9. The first kappa shape index (κ1) is 12.0. The van der Waals surface area contributed by atoms with Crippen molar-refractivity contribution in [1.29, 1.82) is 0 Å². The molecule has 90 valence electrons. The molecule has 0 radical (unpaired) electrons. The zero-order valence-electron chi connectivity index (χ0n) is 9.24. The van der Waals surface area contributed by atoms with Gasteiger partial charge in [-0.15, -0.1) is 11.3 Å². The van der Waals surface area contributed by atoms with Gasteiger partial charge in [-0.1, -0.05) is 23.7 Å². The monoisotopic (exact) mass is 294 g/mol. The zero-order chi connectivity index (χ0) is 12.7. The molecule has 3 aromatic rings. The van der Waals surface area contributed by atoms with Crippen LogP contribution in [0.4, 0.5) is 0 Å². The van der Waals surface area contributed by atoms with Crippen LogP contribution < -0.4 is 0 Å². The molecule has 0 saturated carbocycles. The number of carbonyl (C=O) groups excluding carboxylic acids is 1. The van der Waals surface area contributed by atoms with Crippen LogP contribution in [0.3, 0.4) is 0 Å². The van der Waals surface area contributed by atoms with Crippen LogP contribution in [0.5, 0.6) is 0 Å². The van der Waals surface area contributed by atoms with E-state index in [2.05, 4.69) is 0 Å². The number of benzene rings is 2. The molecule has 0 aliphatic carbocycles. The second kappa shape index (κ2) is 4.54. The van der Waals surface area contributed by atoms with Crippen LogP contribution in [0.15, 0.2) is 36.4 Å². The molecule has 4 heteroatoms. The van der Waals surface area contributed by atoms with E-state index in [4.69, 9.17) is 23.2 Å². The molecular formula is C14H8Cl2OS. The van der Waals surface area contributed by atoms with E-state index in [1.54, 1.807) is 11.3 Å². The first-order valence-electron chi connectivity index (χ1n) is 5.42. The van der Waals surface area contributed by atoms with E-state index in [1.807, 2.05) is 36.4 Å². The minimum absolute atomic E-state index is 0.270. The highest BCUT2D eigenvalue weighted by atomic mass is 35.5. The number of hydrogen-bond acceptors (Lipinski definition) is 2. The van der Waals surface area contributed by atoms with Crippen LogP contribution in [0.25, 0.3) is 20.2 Å². The van der Waals surface area contributed by atoms with Crippen molar-refractivity contribution in [2.24, 2.45) is 0 Å². The fourth-order valence-electron chi connectivity index (χ4n) is 2.06. The molecule has 0 bridgehead atoms. The van der Waals surface area contributed by atoms with Gasteiger partial charge in [0.05, 0.1) is 0 Å². The van der Waals surface area contributed by atoms with Crippen LogP contribution in [-0.4, -0.2) is 5.24 Å². The van der Waals surface area contributed by atoms with E-state index in [9.17, 15) is 4.79 Å². The normalized spacial score (nSPS) is 11.2. The third-order valence-electron chi connectivity index (χ3n) is 2.84.